The van der Waals surface area contributed by atoms with Crippen LogP contribution < -0.4 is 5.32 Å². The molecule has 19 heavy (non-hydrogen) atoms. The molecule has 0 spiro atoms. The van der Waals surface area contributed by atoms with Crippen LogP contribution in [-0.4, -0.2) is 43.6 Å². The summed E-state index contributed by atoms with van der Waals surface area (Å²) < 4.78 is 27.0. The molecule has 0 saturated heterocycles. The van der Waals surface area contributed by atoms with Gasteiger partial charge >= 0.3 is 0 Å². The van der Waals surface area contributed by atoms with Crippen molar-refractivity contribution >= 4 is 10.0 Å². The van der Waals surface area contributed by atoms with Crippen LogP contribution in [-0.2, 0) is 10.0 Å². The average molecular weight is 290 g/mol. The van der Waals surface area contributed by atoms with Crippen LogP contribution in [0.1, 0.15) is 59.3 Å². The molecule has 0 heterocycles. The van der Waals surface area contributed by atoms with Gasteiger partial charge in [-0.3, -0.25) is 0 Å². The van der Waals surface area contributed by atoms with Crippen LogP contribution >= 0.6 is 0 Å². The number of nitrogens with one attached hydrogen (secondary N) is 1. The third-order valence-corrected chi connectivity index (χ3v) is 6.38. The van der Waals surface area contributed by atoms with Crippen LogP contribution in [0.25, 0.3) is 0 Å². The second kappa shape index (κ2) is 8.22. The fourth-order valence-corrected chi connectivity index (χ4v) is 4.61. The van der Waals surface area contributed by atoms with Gasteiger partial charge in [-0.1, -0.05) is 33.1 Å². The Morgan fingerprint density at radius 1 is 1.21 bits per heavy atom. The van der Waals surface area contributed by atoms with Crippen LogP contribution in [0, 0.1) is 0 Å². The molecule has 1 saturated carbocycles. The lowest BCUT2D eigenvalue weighted by molar-refractivity contribution is 0.259. The van der Waals surface area contributed by atoms with Crippen molar-refractivity contribution in [1.29, 1.82) is 0 Å². The molecule has 1 rings (SSSR count). The van der Waals surface area contributed by atoms with Crippen LogP contribution in [0.2, 0.25) is 0 Å². The van der Waals surface area contributed by atoms with E-state index in [4.69, 9.17) is 0 Å². The molecule has 114 valence electrons. The Kier molecular flexibility index (Phi) is 7.32. The average Bonchev–Trinajstić information content (AvgIpc) is 2.40. The minimum absolute atomic E-state index is 0.234. The first-order valence-electron chi connectivity index (χ1n) is 7.75. The molecule has 1 aliphatic rings. The highest BCUT2D eigenvalue weighted by atomic mass is 32.2. The summed E-state index contributed by atoms with van der Waals surface area (Å²) in [6, 6.07) is 0.234. The van der Waals surface area contributed by atoms with Crippen molar-refractivity contribution in [3.8, 4) is 0 Å². The van der Waals surface area contributed by atoms with Gasteiger partial charge in [0, 0.05) is 19.1 Å². The van der Waals surface area contributed by atoms with E-state index in [0.29, 0.717) is 13.1 Å². The van der Waals surface area contributed by atoms with Gasteiger partial charge in [-0.15, -0.1) is 0 Å². The predicted molar refractivity (Wildman–Crippen MR) is 80.8 cm³/mol. The van der Waals surface area contributed by atoms with Gasteiger partial charge in [-0.05, 0) is 32.7 Å². The van der Waals surface area contributed by atoms with Gasteiger partial charge in [0.2, 0.25) is 10.0 Å². The predicted octanol–water partition coefficient (Wildman–Crippen LogP) is 2.36. The summed E-state index contributed by atoms with van der Waals surface area (Å²) in [7, 11) is -3.16. The van der Waals surface area contributed by atoms with Crippen LogP contribution in [0.15, 0.2) is 0 Å². The maximum Gasteiger partial charge on any atom is 0.218 e. The summed E-state index contributed by atoms with van der Waals surface area (Å²) in [5, 5.41) is 2.88. The molecule has 1 atom stereocenters. The summed E-state index contributed by atoms with van der Waals surface area (Å²) in [6.07, 6.45) is 6.68. The van der Waals surface area contributed by atoms with Gasteiger partial charge in [0.25, 0.3) is 0 Å². The van der Waals surface area contributed by atoms with E-state index in [2.05, 4.69) is 12.2 Å². The normalized spacial score (nSPS) is 19.8. The molecule has 0 bridgehead atoms. The maximum atomic E-state index is 12.6. The molecule has 1 unspecified atom stereocenters. The summed E-state index contributed by atoms with van der Waals surface area (Å²) in [5.74, 6) is 0. The lowest BCUT2D eigenvalue weighted by atomic mass is 9.95. The number of nitrogens with zero attached hydrogens (tertiary/aromatic N) is 1. The number of rotatable bonds is 8. The molecule has 0 aliphatic heterocycles. The summed E-state index contributed by atoms with van der Waals surface area (Å²) in [4.78, 5) is 0. The third-order valence-electron chi connectivity index (χ3n) is 3.99. The zero-order valence-electron chi connectivity index (χ0n) is 12.7. The van der Waals surface area contributed by atoms with Crippen molar-refractivity contribution in [2.75, 3.05) is 19.6 Å². The zero-order valence-corrected chi connectivity index (χ0v) is 13.5. The number of hydrogen-bond acceptors (Lipinski definition) is 3. The molecule has 1 N–H and O–H groups in total. The summed E-state index contributed by atoms with van der Waals surface area (Å²) >= 11 is 0. The molecular formula is C14H30N2O2S. The fourth-order valence-electron chi connectivity index (χ4n) is 2.83. The van der Waals surface area contributed by atoms with Gasteiger partial charge in [0.15, 0.2) is 0 Å². The maximum absolute atomic E-state index is 12.6. The first kappa shape index (κ1) is 16.9. The van der Waals surface area contributed by atoms with E-state index in [1.165, 1.54) is 19.3 Å². The Balaban J connectivity index is 2.65. The van der Waals surface area contributed by atoms with Crippen molar-refractivity contribution in [3.05, 3.63) is 0 Å². The van der Waals surface area contributed by atoms with Crippen LogP contribution in [0.4, 0.5) is 0 Å². The molecule has 0 aromatic carbocycles. The third kappa shape index (κ3) is 4.72. The van der Waals surface area contributed by atoms with Gasteiger partial charge < -0.3 is 5.32 Å². The SMILES string of the molecule is CCCNCC(C)S(=O)(=O)N(CC)C1CCCCC1. The van der Waals surface area contributed by atoms with Gasteiger partial charge in [-0.2, -0.15) is 4.31 Å². The second-order valence-corrected chi connectivity index (χ2v) is 7.86. The molecule has 0 radical (unpaired) electrons. The standard InChI is InChI=1S/C14H30N2O2S/c1-4-11-15-12-13(3)19(17,18)16(5-2)14-9-7-6-8-10-14/h13-15H,4-12H2,1-3H3. The van der Waals surface area contributed by atoms with Crippen molar-refractivity contribution in [2.24, 2.45) is 0 Å². The van der Waals surface area contributed by atoms with E-state index in [0.717, 1.165) is 25.8 Å². The lowest BCUT2D eigenvalue weighted by Crippen LogP contribution is -2.47. The highest BCUT2D eigenvalue weighted by molar-refractivity contribution is 7.89. The summed E-state index contributed by atoms with van der Waals surface area (Å²) in [6.45, 7) is 7.91. The Hall–Kier alpha value is -0.130. The van der Waals surface area contributed by atoms with E-state index in [1.54, 1.807) is 4.31 Å². The molecule has 1 aliphatic carbocycles. The molecule has 1 fully saturated rings. The molecule has 4 nitrogen and oxygen atoms in total. The lowest BCUT2D eigenvalue weighted by Gasteiger charge is -2.34. The van der Waals surface area contributed by atoms with Gasteiger partial charge in [0.1, 0.15) is 0 Å². The first-order valence-corrected chi connectivity index (χ1v) is 9.25. The summed E-state index contributed by atoms with van der Waals surface area (Å²) in [5.41, 5.74) is 0. The van der Waals surface area contributed by atoms with Crippen LogP contribution in [0.5, 0.6) is 0 Å². The molecular weight excluding hydrogens is 260 g/mol. The van der Waals surface area contributed by atoms with Crippen molar-refractivity contribution in [3.63, 3.8) is 0 Å². The zero-order chi connectivity index (χ0) is 14.3. The molecule has 5 heteroatoms. The van der Waals surface area contributed by atoms with E-state index < -0.39 is 10.0 Å². The van der Waals surface area contributed by atoms with Crippen molar-refractivity contribution in [1.82, 2.24) is 9.62 Å². The minimum Gasteiger partial charge on any atom is -0.315 e. The van der Waals surface area contributed by atoms with Gasteiger partial charge in [-0.25, -0.2) is 8.42 Å². The van der Waals surface area contributed by atoms with E-state index in [1.807, 2.05) is 13.8 Å². The number of hydrogen-bond donors (Lipinski definition) is 1. The van der Waals surface area contributed by atoms with Crippen LogP contribution in [0.3, 0.4) is 0 Å². The molecule has 0 aromatic rings. The van der Waals surface area contributed by atoms with E-state index in [-0.39, 0.29) is 11.3 Å². The Labute approximate surface area is 119 Å². The second-order valence-electron chi connectivity index (χ2n) is 5.55. The highest BCUT2D eigenvalue weighted by Gasteiger charge is 2.33. The van der Waals surface area contributed by atoms with E-state index >= 15 is 0 Å². The quantitative estimate of drug-likeness (QED) is 0.698. The Bertz CT molecular complexity index is 337. The monoisotopic (exact) mass is 290 g/mol. The Morgan fingerprint density at radius 3 is 2.37 bits per heavy atom. The van der Waals surface area contributed by atoms with Gasteiger partial charge in [0.05, 0.1) is 5.25 Å². The molecule has 0 amide bonds. The van der Waals surface area contributed by atoms with Crippen molar-refractivity contribution < 1.29 is 8.42 Å². The number of sulfonamides is 1. The van der Waals surface area contributed by atoms with E-state index in [9.17, 15) is 8.42 Å². The Morgan fingerprint density at radius 2 is 1.84 bits per heavy atom. The first-order chi connectivity index (χ1) is 9.04. The highest BCUT2D eigenvalue weighted by Crippen LogP contribution is 2.25. The topological polar surface area (TPSA) is 49.4 Å². The van der Waals surface area contributed by atoms with Crippen molar-refractivity contribution in [2.45, 2.75) is 70.6 Å². The fraction of sp³-hybridized carbons (Fsp3) is 1.00. The smallest absolute Gasteiger partial charge is 0.218 e. The minimum atomic E-state index is -3.16. The molecule has 0 aromatic heterocycles. The largest absolute Gasteiger partial charge is 0.315 e.